The molecule has 0 heteroatoms. The van der Waals surface area contributed by atoms with Gasteiger partial charge in [0.1, 0.15) is 0 Å². The molecule has 2 bridgehead atoms. The smallest absolute Gasteiger partial charge is 0.0105 e. The third-order valence-corrected chi connectivity index (χ3v) is 4.39. The van der Waals surface area contributed by atoms with Gasteiger partial charge in [0.15, 0.2) is 0 Å². The summed E-state index contributed by atoms with van der Waals surface area (Å²) in [6.07, 6.45) is 8.94. The molecule has 4 aliphatic carbocycles. The van der Waals surface area contributed by atoms with Gasteiger partial charge in [0.05, 0.1) is 0 Å². The molecule has 0 aromatic heterocycles. The Bertz CT molecular complexity index is 291. The second-order valence-electron chi connectivity index (χ2n) is 5.14. The molecule has 0 heterocycles. The lowest BCUT2D eigenvalue weighted by atomic mass is 9.47. The molecular formula is C12H16. The van der Waals surface area contributed by atoms with E-state index in [2.05, 4.69) is 26.0 Å². The number of allylic oxidation sites excluding steroid dienone is 4. The standard InChI is InChI=1S/C12H16/c1-12(2)9-6-8-4-3-5-10(8)11(12)7-9/h4-5,9,11H,3,6-7H2,1-2H3. The highest BCUT2D eigenvalue weighted by Gasteiger charge is 2.53. The van der Waals surface area contributed by atoms with Crippen molar-refractivity contribution in [3.63, 3.8) is 0 Å². The zero-order valence-electron chi connectivity index (χ0n) is 7.93. The number of hydrogen-bond acceptors (Lipinski definition) is 0. The zero-order chi connectivity index (χ0) is 8.34. The average Bonchev–Trinajstić information content (AvgIpc) is 2.49. The first-order valence-electron chi connectivity index (χ1n) is 5.09. The molecule has 0 spiro atoms. The Labute approximate surface area is 74.4 Å². The molecule has 0 aliphatic heterocycles. The van der Waals surface area contributed by atoms with Crippen LogP contribution in [-0.2, 0) is 0 Å². The van der Waals surface area contributed by atoms with E-state index in [4.69, 9.17) is 0 Å². The second kappa shape index (κ2) is 1.86. The average molecular weight is 160 g/mol. The molecule has 3 fully saturated rings. The van der Waals surface area contributed by atoms with Gasteiger partial charge in [-0.1, -0.05) is 26.0 Å². The number of rotatable bonds is 0. The molecule has 4 aliphatic rings. The van der Waals surface area contributed by atoms with E-state index in [1.54, 1.807) is 11.1 Å². The van der Waals surface area contributed by atoms with Crippen molar-refractivity contribution in [1.82, 2.24) is 0 Å². The number of hydrogen-bond donors (Lipinski definition) is 0. The molecule has 12 heavy (non-hydrogen) atoms. The highest BCUT2D eigenvalue weighted by Crippen LogP contribution is 2.63. The van der Waals surface area contributed by atoms with Crippen molar-refractivity contribution < 1.29 is 0 Å². The molecule has 0 saturated heterocycles. The van der Waals surface area contributed by atoms with Crippen LogP contribution in [0.4, 0.5) is 0 Å². The van der Waals surface area contributed by atoms with Crippen molar-refractivity contribution in [3.05, 3.63) is 23.3 Å². The lowest BCUT2D eigenvalue weighted by molar-refractivity contribution is -0.0107. The van der Waals surface area contributed by atoms with Gasteiger partial charge in [-0.05, 0) is 47.7 Å². The molecule has 3 saturated carbocycles. The van der Waals surface area contributed by atoms with Crippen molar-refractivity contribution in [2.24, 2.45) is 17.3 Å². The van der Waals surface area contributed by atoms with Crippen molar-refractivity contribution >= 4 is 0 Å². The van der Waals surface area contributed by atoms with Crippen LogP contribution in [-0.4, -0.2) is 0 Å². The highest BCUT2D eigenvalue weighted by molar-refractivity contribution is 5.45. The summed E-state index contributed by atoms with van der Waals surface area (Å²) >= 11 is 0. The molecular weight excluding hydrogens is 144 g/mol. The summed E-state index contributed by atoms with van der Waals surface area (Å²) in [4.78, 5) is 0. The van der Waals surface area contributed by atoms with Crippen LogP contribution in [0.3, 0.4) is 0 Å². The van der Waals surface area contributed by atoms with E-state index in [-0.39, 0.29) is 0 Å². The molecule has 0 aromatic rings. The Kier molecular flexibility index (Phi) is 1.08. The van der Waals surface area contributed by atoms with Crippen LogP contribution < -0.4 is 0 Å². The van der Waals surface area contributed by atoms with Gasteiger partial charge >= 0.3 is 0 Å². The Hall–Kier alpha value is -0.520. The van der Waals surface area contributed by atoms with E-state index >= 15 is 0 Å². The van der Waals surface area contributed by atoms with Crippen molar-refractivity contribution in [1.29, 1.82) is 0 Å². The Balaban J connectivity index is 2.04. The summed E-state index contributed by atoms with van der Waals surface area (Å²) in [5.41, 5.74) is 4.02. The summed E-state index contributed by atoms with van der Waals surface area (Å²) in [6.45, 7) is 4.89. The Morgan fingerprint density at radius 1 is 1.33 bits per heavy atom. The first-order chi connectivity index (χ1) is 5.69. The third-order valence-electron chi connectivity index (χ3n) is 4.39. The van der Waals surface area contributed by atoms with Gasteiger partial charge in [-0.15, -0.1) is 0 Å². The van der Waals surface area contributed by atoms with Gasteiger partial charge in [-0.2, -0.15) is 0 Å². The predicted octanol–water partition coefficient (Wildman–Crippen LogP) is 3.31. The molecule has 4 rings (SSSR count). The van der Waals surface area contributed by atoms with Gasteiger partial charge in [0.25, 0.3) is 0 Å². The van der Waals surface area contributed by atoms with Crippen molar-refractivity contribution in [2.75, 3.05) is 0 Å². The minimum atomic E-state index is 0.619. The SMILES string of the molecule is CC1(C)C2CC3=CCC=C3C1C2. The van der Waals surface area contributed by atoms with Crippen LogP contribution in [0.2, 0.25) is 0 Å². The fourth-order valence-corrected chi connectivity index (χ4v) is 3.30. The fraction of sp³-hybridized carbons (Fsp3) is 0.667. The predicted molar refractivity (Wildman–Crippen MR) is 50.8 cm³/mol. The van der Waals surface area contributed by atoms with Crippen LogP contribution >= 0.6 is 0 Å². The van der Waals surface area contributed by atoms with Crippen molar-refractivity contribution in [2.45, 2.75) is 33.1 Å². The maximum atomic E-state index is 2.46. The van der Waals surface area contributed by atoms with Crippen LogP contribution in [0.1, 0.15) is 33.1 Å². The minimum Gasteiger partial charge on any atom is -0.0772 e. The fourth-order valence-electron chi connectivity index (χ4n) is 3.30. The Morgan fingerprint density at radius 2 is 2.17 bits per heavy atom. The van der Waals surface area contributed by atoms with E-state index < -0.39 is 0 Å². The molecule has 0 radical (unpaired) electrons. The summed E-state index contributed by atoms with van der Waals surface area (Å²) < 4.78 is 0. The largest absolute Gasteiger partial charge is 0.0772 e. The summed E-state index contributed by atoms with van der Waals surface area (Å²) in [5.74, 6) is 1.90. The Morgan fingerprint density at radius 3 is 2.92 bits per heavy atom. The summed E-state index contributed by atoms with van der Waals surface area (Å²) in [5, 5.41) is 0. The van der Waals surface area contributed by atoms with Crippen LogP contribution in [0, 0.1) is 17.3 Å². The summed E-state index contributed by atoms with van der Waals surface area (Å²) in [6, 6.07) is 0. The maximum absolute atomic E-state index is 2.46. The van der Waals surface area contributed by atoms with Gasteiger partial charge in [0, 0.05) is 0 Å². The second-order valence-corrected chi connectivity index (χ2v) is 5.14. The third kappa shape index (κ3) is 0.608. The zero-order valence-corrected chi connectivity index (χ0v) is 7.93. The monoisotopic (exact) mass is 160 g/mol. The summed E-state index contributed by atoms with van der Waals surface area (Å²) in [7, 11) is 0. The molecule has 64 valence electrons. The van der Waals surface area contributed by atoms with Crippen LogP contribution in [0.25, 0.3) is 0 Å². The van der Waals surface area contributed by atoms with Gasteiger partial charge in [0.2, 0.25) is 0 Å². The van der Waals surface area contributed by atoms with Crippen LogP contribution in [0.15, 0.2) is 23.3 Å². The normalized spacial score (nSPS) is 41.2. The highest BCUT2D eigenvalue weighted by atomic mass is 14.6. The van der Waals surface area contributed by atoms with E-state index in [1.807, 2.05) is 0 Å². The van der Waals surface area contributed by atoms with Gasteiger partial charge in [-0.25, -0.2) is 0 Å². The molecule has 0 amide bonds. The molecule has 0 N–H and O–H groups in total. The first kappa shape index (κ1) is 6.94. The van der Waals surface area contributed by atoms with E-state index in [1.165, 1.54) is 19.3 Å². The van der Waals surface area contributed by atoms with E-state index in [0.717, 1.165) is 11.8 Å². The van der Waals surface area contributed by atoms with Crippen molar-refractivity contribution in [3.8, 4) is 0 Å². The quantitative estimate of drug-likeness (QED) is 0.510. The van der Waals surface area contributed by atoms with E-state index in [9.17, 15) is 0 Å². The lowest BCUT2D eigenvalue weighted by Gasteiger charge is -2.58. The van der Waals surface area contributed by atoms with Crippen LogP contribution in [0.5, 0.6) is 0 Å². The first-order valence-corrected chi connectivity index (χ1v) is 5.09. The molecule has 0 nitrogen and oxygen atoms in total. The minimum absolute atomic E-state index is 0.619. The molecule has 2 unspecified atom stereocenters. The lowest BCUT2D eigenvalue weighted by Crippen LogP contribution is -2.49. The van der Waals surface area contributed by atoms with Gasteiger partial charge in [-0.3, -0.25) is 0 Å². The molecule has 2 atom stereocenters. The maximum Gasteiger partial charge on any atom is -0.0105 e. The molecule has 0 aromatic carbocycles. The topological polar surface area (TPSA) is 0 Å². The van der Waals surface area contributed by atoms with Gasteiger partial charge < -0.3 is 0 Å². The van der Waals surface area contributed by atoms with E-state index in [0.29, 0.717) is 5.41 Å².